The number of amides is 2. The van der Waals surface area contributed by atoms with Gasteiger partial charge in [0.2, 0.25) is 5.91 Å². The molecule has 2 N–H and O–H groups in total. The maximum Gasteiger partial charge on any atom is 0.405 e. The Labute approximate surface area is 176 Å². The van der Waals surface area contributed by atoms with Gasteiger partial charge < -0.3 is 15.4 Å². The maximum atomic E-state index is 12.1. The third-order valence-electron chi connectivity index (χ3n) is 4.52. The third-order valence-corrected chi connectivity index (χ3v) is 4.52. The van der Waals surface area contributed by atoms with Crippen LogP contribution in [0.5, 0.6) is 0 Å². The molecular weight excluding hydrogens is 417 g/mol. The van der Waals surface area contributed by atoms with Gasteiger partial charge in [-0.3, -0.25) is 14.4 Å². The number of esters is 1. The fraction of sp³-hybridized carbons (Fsp3) is 0.400. The van der Waals surface area contributed by atoms with Crippen LogP contribution in [0.15, 0.2) is 24.3 Å². The quantitative estimate of drug-likeness (QED) is 0.612. The van der Waals surface area contributed by atoms with Crippen molar-refractivity contribution in [1.82, 2.24) is 20.4 Å². The average molecular weight is 440 g/mol. The molecule has 0 saturated carbocycles. The van der Waals surface area contributed by atoms with Crippen molar-refractivity contribution < 1.29 is 32.3 Å². The Balaban J connectivity index is 2.01. The number of nitrogens with one attached hydrogen (secondary N) is 2. The molecule has 0 aliphatic carbocycles. The molecule has 1 heterocycles. The van der Waals surface area contributed by atoms with Crippen LogP contribution in [0.4, 0.5) is 13.2 Å². The Morgan fingerprint density at radius 2 is 1.74 bits per heavy atom. The highest BCUT2D eigenvalue weighted by molar-refractivity contribution is 5.96. The van der Waals surface area contributed by atoms with Gasteiger partial charge in [-0.1, -0.05) is 0 Å². The molecule has 31 heavy (non-hydrogen) atoms. The Bertz CT molecular complexity index is 953. The van der Waals surface area contributed by atoms with Crippen LogP contribution < -0.4 is 10.6 Å². The number of carbonyl (C=O) groups excluding carboxylic acids is 3. The van der Waals surface area contributed by atoms with Gasteiger partial charge in [-0.2, -0.15) is 18.3 Å². The summed E-state index contributed by atoms with van der Waals surface area (Å²) >= 11 is 0. The molecule has 0 bridgehead atoms. The van der Waals surface area contributed by atoms with Crippen LogP contribution in [0.1, 0.15) is 33.7 Å². The van der Waals surface area contributed by atoms with Crippen LogP contribution in [0.2, 0.25) is 0 Å². The Morgan fingerprint density at radius 1 is 1.10 bits per heavy atom. The SMILES string of the molecule is COC(=O)CCc1c(C)nn(-c2ccc(C(=O)NCC(=O)NCC(F)(F)F)cc2)c1C. The lowest BCUT2D eigenvalue weighted by atomic mass is 10.1. The van der Waals surface area contributed by atoms with Crippen LogP contribution in [0.3, 0.4) is 0 Å². The number of aromatic nitrogens is 2. The summed E-state index contributed by atoms with van der Waals surface area (Å²) in [6.45, 7) is 1.67. The molecule has 0 aliphatic rings. The molecule has 1 aromatic carbocycles. The number of ether oxygens (including phenoxy) is 1. The molecule has 11 heteroatoms. The lowest BCUT2D eigenvalue weighted by Crippen LogP contribution is -2.40. The van der Waals surface area contributed by atoms with E-state index in [0.29, 0.717) is 12.1 Å². The number of halogens is 3. The molecule has 0 unspecified atom stereocenters. The zero-order chi connectivity index (χ0) is 23.2. The molecule has 2 amide bonds. The minimum atomic E-state index is -4.52. The van der Waals surface area contributed by atoms with E-state index in [1.807, 2.05) is 13.8 Å². The van der Waals surface area contributed by atoms with Gasteiger partial charge in [0.1, 0.15) is 6.54 Å². The highest BCUT2D eigenvalue weighted by atomic mass is 19.4. The number of rotatable bonds is 8. The summed E-state index contributed by atoms with van der Waals surface area (Å²) in [7, 11) is 1.33. The Morgan fingerprint density at radius 3 is 2.32 bits per heavy atom. The number of hydrogen-bond acceptors (Lipinski definition) is 5. The highest BCUT2D eigenvalue weighted by Gasteiger charge is 2.27. The minimum absolute atomic E-state index is 0.236. The molecule has 8 nitrogen and oxygen atoms in total. The van der Waals surface area contributed by atoms with Crippen molar-refractivity contribution in [3.05, 3.63) is 46.8 Å². The lowest BCUT2D eigenvalue weighted by molar-refractivity contribution is -0.140. The van der Waals surface area contributed by atoms with Crippen molar-refractivity contribution in [3.8, 4) is 5.69 Å². The molecule has 0 aliphatic heterocycles. The van der Waals surface area contributed by atoms with E-state index in [4.69, 9.17) is 0 Å². The second kappa shape index (κ2) is 10.1. The zero-order valence-electron chi connectivity index (χ0n) is 17.3. The first-order valence-electron chi connectivity index (χ1n) is 9.36. The van der Waals surface area contributed by atoms with E-state index in [-0.39, 0.29) is 18.0 Å². The predicted octanol–water partition coefficient (Wildman–Crippen LogP) is 2.00. The van der Waals surface area contributed by atoms with Crippen LogP contribution >= 0.6 is 0 Å². The number of carbonyl (C=O) groups is 3. The molecule has 0 radical (unpaired) electrons. The number of hydrogen-bond donors (Lipinski definition) is 2. The molecule has 2 aromatic rings. The van der Waals surface area contributed by atoms with Gasteiger partial charge >= 0.3 is 12.1 Å². The van der Waals surface area contributed by atoms with E-state index >= 15 is 0 Å². The summed E-state index contributed by atoms with van der Waals surface area (Å²) in [5.74, 6) is -1.85. The summed E-state index contributed by atoms with van der Waals surface area (Å²) < 4.78 is 42.6. The molecule has 0 spiro atoms. The second-order valence-electron chi connectivity index (χ2n) is 6.76. The van der Waals surface area contributed by atoms with Crippen LogP contribution in [0.25, 0.3) is 5.69 Å². The molecule has 168 valence electrons. The van der Waals surface area contributed by atoms with Gasteiger partial charge in [0.05, 0.1) is 25.0 Å². The monoisotopic (exact) mass is 440 g/mol. The average Bonchev–Trinajstić information content (AvgIpc) is 3.01. The maximum absolute atomic E-state index is 12.1. The molecular formula is C20H23F3N4O4. The smallest absolute Gasteiger partial charge is 0.405 e. The second-order valence-corrected chi connectivity index (χ2v) is 6.76. The third kappa shape index (κ3) is 6.83. The van der Waals surface area contributed by atoms with Crippen molar-refractivity contribution in [2.45, 2.75) is 32.9 Å². The number of nitrogens with zero attached hydrogens (tertiary/aromatic N) is 2. The molecule has 1 aromatic heterocycles. The van der Waals surface area contributed by atoms with E-state index in [1.165, 1.54) is 19.2 Å². The van der Waals surface area contributed by atoms with Gasteiger partial charge in [-0.15, -0.1) is 0 Å². The van der Waals surface area contributed by atoms with E-state index in [0.717, 1.165) is 17.0 Å². The van der Waals surface area contributed by atoms with Crippen molar-refractivity contribution in [2.75, 3.05) is 20.2 Å². The molecule has 0 saturated heterocycles. The van der Waals surface area contributed by atoms with Gasteiger partial charge in [0, 0.05) is 17.7 Å². The molecule has 2 rings (SSSR count). The van der Waals surface area contributed by atoms with Crippen LogP contribution in [-0.2, 0) is 20.7 Å². The number of aryl methyl sites for hydroxylation is 1. The molecule has 0 fully saturated rings. The Hall–Kier alpha value is -3.37. The Kier molecular flexibility index (Phi) is 7.78. The molecule has 0 atom stereocenters. The number of alkyl halides is 3. The van der Waals surface area contributed by atoms with Gasteiger partial charge in [-0.05, 0) is 50.1 Å². The fourth-order valence-electron chi connectivity index (χ4n) is 2.90. The zero-order valence-corrected chi connectivity index (χ0v) is 17.3. The van der Waals surface area contributed by atoms with E-state index in [2.05, 4.69) is 15.2 Å². The van der Waals surface area contributed by atoms with E-state index in [1.54, 1.807) is 22.1 Å². The van der Waals surface area contributed by atoms with Crippen molar-refractivity contribution >= 4 is 17.8 Å². The van der Waals surface area contributed by atoms with E-state index in [9.17, 15) is 27.6 Å². The highest BCUT2D eigenvalue weighted by Crippen LogP contribution is 2.20. The number of benzene rings is 1. The minimum Gasteiger partial charge on any atom is -0.469 e. The van der Waals surface area contributed by atoms with Gasteiger partial charge in [-0.25, -0.2) is 4.68 Å². The van der Waals surface area contributed by atoms with Crippen LogP contribution in [0, 0.1) is 13.8 Å². The van der Waals surface area contributed by atoms with Crippen molar-refractivity contribution in [1.29, 1.82) is 0 Å². The summed E-state index contributed by atoms with van der Waals surface area (Å²) in [5.41, 5.74) is 3.47. The first-order valence-corrected chi connectivity index (χ1v) is 9.36. The van der Waals surface area contributed by atoms with Gasteiger partial charge in [0.15, 0.2) is 0 Å². The summed E-state index contributed by atoms with van der Waals surface area (Å²) in [5, 5.41) is 8.42. The summed E-state index contributed by atoms with van der Waals surface area (Å²) in [6.07, 6.45) is -3.79. The predicted molar refractivity (Wildman–Crippen MR) is 105 cm³/mol. The van der Waals surface area contributed by atoms with Gasteiger partial charge in [0.25, 0.3) is 5.91 Å². The standard InChI is InChI=1S/C20H23F3N4O4/c1-12-16(8-9-18(29)31-3)13(2)27(26-12)15-6-4-14(5-7-15)19(30)24-10-17(28)25-11-20(21,22)23/h4-7H,8-11H2,1-3H3,(H,24,30)(H,25,28). The largest absolute Gasteiger partial charge is 0.469 e. The normalized spacial score (nSPS) is 11.2. The van der Waals surface area contributed by atoms with Crippen LogP contribution in [-0.4, -0.2) is 53.9 Å². The summed E-state index contributed by atoms with van der Waals surface area (Å²) in [6, 6.07) is 6.34. The topological polar surface area (TPSA) is 102 Å². The number of methoxy groups -OCH3 is 1. The first kappa shape index (κ1) is 23.9. The van der Waals surface area contributed by atoms with Crippen molar-refractivity contribution in [3.63, 3.8) is 0 Å². The lowest BCUT2D eigenvalue weighted by Gasteiger charge is -2.10. The first-order chi connectivity index (χ1) is 14.5. The fourth-order valence-corrected chi connectivity index (χ4v) is 2.90. The van der Waals surface area contributed by atoms with Crippen molar-refractivity contribution in [2.24, 2.45) is 0 Å². The summed E-state index contributed by atoms with van der Waals surface area (Å²) in [4.78, 5) is 34.9. The van der Waals surface area contributed by atoms with E-state index < -0.39 is 31.1 Å².